The average Bonchev–Trinajstić information content (AvgIpc) is 2.89. The highest BCUT2D eigenvalue weighted by Gasteiger charge is 2.39. The van der Waals surface area contributed by atoms with Crippen molar-refractivity contribution in [3.63, 3.8) is 0 Å². The van der Waals surface area contributed by atoms with Gasteiger partial charge in [0.05, 0.1) is 0 Å². The minimum absolute atomic E-state index is 0.237. The summed E-state index contributed by atoms with van der Waals surface area (Å²) in [4.78, 5) is 0. The van der Waals surface area contributed by atoms with Crippen molar-refractivity contribution in [2.75, 3.05) is 6.54 Å². The van der Waals surface area contributed by atoms with Crippen molar-refractivity contribution in [3.8, 4) is 0 Å². The molecule has 1 N–H and O–H groups in total. The largest absolute Gasteiger partial charge is 0.435 e. The summed E-state index contributed by atoms with van der Waals surface area (Å²) in [6, 6.07) is 7.51. The van der Waals surface area contributed by atoms with Gasteiger partial charge in [-0.3, -0.25) is 4.68 Å². The number of aryl methyl sites for hydroxylation is 2. The molecule has 7 heteroatoms. The van der Waals surface area contributed by atoms with Crippen molar-refractivity contribution in [3.05, 3.63) is 51.8 Å². The zero-order chi connectivity index (χ0) is 16.4. The van der Waals surface area contributed by atoms with Crippen molar-refractivity contribution in [1.82, 2.24) is 15.1 Å². The van der Waals surface area contributed by atoms with E-state index in [0.717, 1.165) is 18.4 Å². The molecule has 3 nitrogen and oxygen atoms in total. The van der Waals surface area contributed by atoms with E-state index in [-0.39, 0.29) is 6.54 Å². The van der Waals surface area contributed by atoms with Gasteiger partial charge >= 0.3 is 6.18 Å². The first-order chi connectivity index (χ1) is 10.9. The number of hydrogen-bond donors (Lipinski definition) is 1. The first kappa shape index (κ1) is 16.3. The van der Waals surface area contributed by atoms with E-state index in [1.54, 1.807) is 0 Å². The Kier molecular flexibility index (Phi) is 4.64. The summed E-state index contributed by atoms with van der Waals surface area (Å²) in [7, 11) is 0. The van der Waals surface area contributed by atoms with Crippen LogP contribution in [0.15, 0.2) is 24.3 Å². The molecule has 3 rings (SSSR count). The van der Waals surface area contributed by atoms with E-state index in [4.69, 9.17) is 11.6 Å². The van der Waals surface area contributed by atoms with Crippen LogP contribution in [0, 0.1) is 0 Å². The molecule has 0 fully saturated rings. The maximum absolute atomic E-state index is 13.1. The number of alkyl halides is 3. The van der Waals surface area contributed by atoms with Gasteiger partial charge in [-0.1, -0.05) is 23.7 Å². The molecule has 0 unspecified atom stereocenters. The molecular formula is C16H17ClF3N3. The maximum Gasteiger partial charge on any atom is 0.435 e. The molecule has 0 saturated carbocycles. The number of nitrogens with zero attached hydrogens (tertiary/aromatic N) is 2. The van der Waals surface area contributed by atoms with E-state index in [2.05, 4.69) is 10.4 Å². The van der Waals surface area contributed by atoms with Gasteiger partial charge in [0.1, 0.15) is 0 Å². The van der Waals surface area contributed by atoms with Gasteiger partial charge in [-0.2, -0.15) is 18.3 Å². The lowest BCUT2D eigenvalue weighted by Gasteiger charge is -2.16. The van der Waals surface area contributed by atoms with E-state index < -0.39 is 11.9 Å². The van der Waals surface area contributed by atoms with Gasteiger partial charge in [-0.15, -0.1) is 0 Å². The average molecular weight is 344 g/mol. The molecule has 0 radical (unpaired) electrons. The van der Waals surface area contributed by atoms with Gasteiger partial charge < -0.3 is 5.32 Å². The third-order valence-electron chi connectivity index (χ3n) is 4.02. The lowest BCUT2D eigenvalue weighted by molar-refractivity contribution is -0.142. The first-order valence-corrected chi connectivity index (χ1v) is 7.94. The van der Waals surface area contributed by atoms with Crippen molar-refractivity contribution >= 4 is 11.6 Å². The molecule has 0 spiro atoms. The minimum atomic E-state index is -4.40. The van der Waals surface area contributed by atoms with Gasteiger partial charge in [0.25, 0.3) is 0 Å². The van der Waals surface area contributed by atoms with Crippen molar-refractivity contribution < 1.29 is 13.2 Å². The molecule has 0 atom stereocenters. The Balaban J connectivity index is 1.72. The highest BCUT2D eigenvalue weighted by Crippen LogP contribution is 2.33. The molecule has 1 aliphatic heterocycles. The van der Waals surface area contributed by atoms with E-state index in [0.29, 0.717) is 35.8 Å². The Morgan fingerprint density at radius 1 is 1.22 bits per heavy atom. The highest BCUT2D eigenvalue weighted by molar-refractivity contribution is 6.30. The number of aromatic nitrogens is 2. The highest BCUT2D eigenvalue weighted by atomic mass is 35.5. The second-order valence-corrected chi connectivity index (χ2v) is 6.09. The van der Waals surface area contributed by atoms with Crippen LogP contribution in [0.1, 0.15) is 28.9 Å². The summed E-state index contributed by atoms with van der Waals surface area (Å²) < 4.78 is 40.8. The fraction of sp³-hybridized carbons (Fsp3) is 0.438. The van der Waals surface area contributed by atoms with E-state index >= 15 is 0 Å². The number of nitrogens with one attached hydrogen (secondary N) is 1. The Morgan fingerprint density at radius 2 is 1.96 bits per heavy atom. The summed E-state index contributed by atoms with van der Waals surface area (Å²) in [6.45, 7) is 1.41. The summed E-state index contributed by atoms with van der Waals surface area (Å²) in [5.74, 6) is 0. The lowest BCUT2D eigenvalue weighted by atomic mass is 10.1. The molecule has 1 aromatic heterocycles. The summed E-state index contributed by atoms with van der Waals surface area (Å²) in [5, 5.41) is 7.51. The van der Waals surface area contributed by atoms with Crippen LogP contribution in [0.3, 0.4) is 0 Å². The summed E-state index contributed by atoms with van der Waals surface area (Å²) in [6.07, 6.45) is -2.30. The molecule has 2 heterocycles. The SMILES string of the molecule is FC(F)(F)c1nn(CCCc2ccc(Cl)cc2)c2c1CNCC2. The van der Waals surface area contributed by atoms with E-state index in [1.807, 2.05) is 24.3 Å². The first-order valence-electron chi connectivity index (χ1n) is 7.56. The Labute approximate surface area is 137 Å². The molecule has 23 heavy (non-hydrogen) atoms. The Morgan fingerprint density at radius 3 is 2.65 bits per heavy atom. The zero-order valence-corrected chi connectivity index (χ0v) is 13.2. The van der Waals surface area contributed by atoms with E-state index in [9.17, 15) is 13.2 Å². The second kappa shape index (κ2) is 6.53. The van der Waals surface area contributed by atoms with Crippen LogP contribution in [0.5, 0.6) is 0 Å². The summed E-state index contributed by atoms with van der Waals surface area (Å²) >= 11 is 5.84. The Bertz CT molecular complexity index is 677. The van der Waals surface area contributed by atoms with Crippen LogP contribution >= 0.6 is 11.6 Å². The monoisotopic (exact) mass is 343 g/mol. The van der Waals surface area contributed by atoms with Gasteiger partial charge in [-0.05, 0) is 30.5 Å². The standard InChI is InChI=1S/C16H17ClF3N3/c17-12-5-3-11(4-6-12)2-1-9-23-14-7-8-21-10-13(14)15(22-23)16(18,19)20/h3-6,21H,1-2,7-10H2. The fourth-order valence-corrected chi connectivity index (χ4v) is 3.04. The van der Waals surface area contributed by atoms with Crippen LogP contribution in [0.25, 0.3) is 0 Å². The molecule has 2 aromatic rings. The van der Waals surface area contributed by atoms with Crippen LogP contribution in [-0.2, 0) is 32.1 Å². The smallest absolute Gasteiger partial charge is 0.312 e. The number of halogens is 4. The molecule has 124 valence electrons. The number of fused-ring (bicyclic) bond motifs is 1. The quantitative estimate of drug-likeness (QED) is 0.914. The van der Waals surface area contributed by atoms with Crippen LogP contribution in [0.2, 0.25) is 5.02 Å². The van der Waals surface area contributed by atoms with Crippen molar-refractivity contribution in [1.29, 1.82) is 0 Å². The second-order valence-electron chi connectivity index (χ2n) is 5.65. The molecule has 1 aromatic carbocycles. The number of benzene rings is 1. The molecule has 0 bridgehead atoms. The van der Waals surface area contributed by atoms with Crippen LogP contribution in [0.4, 0.5) is 13.2 Å². The van der Waals surface area contributed by atoms with Gasteiger partial charge in [0.2, 0.25) is 0 Å². The van der Waals surface area contributed by atoms with E-state index in [1.165, 1.54) is 4.68 Å². The minimum Gasteiger partial charge on any atom is -0.312 e. The molecule has 1 aliphatic rings. The predicted molar refractivity (Wildman–Crippen MR) is 82.4 cm³/mol. The molecule has 0 amide bonds. The van der Waals surface area contributed by atoms with Gasteiger partial charge in [-0.25, -0.2) is 0 Å². The van der Waals surface area contributed by atoms with Crippen molar-refractivity contribution in [2.24, 2.45) is 0 Å². The normalized spacial score (nSPS) is 14.8. The van der Waals surface area contributed by atoms with Gasteiger partial charge in [0, 0.05) is 42.3 Å². The predicted octanol–water partition coefficient (Wildman–Crippen LogP) is 3.83. The topological polar surface area (TPSA) is 29.9 Å². The third-order valence-corrected chi connectivity index (χ3v) is 4.28. The van der Waals surface area contributed by atoms with Gasteiger partial charge in [0.15, 0.2) is 5.69 Å². The maximum atomic E-state index is 13.1. The fourth-order valence-electron chi connectivity index (χ4n) is 2.92. The Hall–Kier alpha value is -1.53. The van der Waals surface area contributed by atoms with Crippen LogP contribution in [-0.4, -0.2) is 16.3 Å². The lowest BCUT2D eigenvalue weighted by Crippen LogP contribution is -2.26. The number of rotatable bonds is 4. The third kappa shape index (κ3) is 3.70. The molecular weight excluding hydrogens is 327 g/mol. The summed E-state index contributed by atoms with van der Waals surface area (Å²) in [5.41, 5.74) is 1.39. The van der Waals surface area contributed by atoms with Crippen LogP contribution < -0.4 is 5.32 Å². The zero-order valence-electron chi connectivity index (χ0n) is 12.5. The van der Waals surface area contributed by atoms with Crippen molar-refractivity contribution in [2.45, 2.75) is 38.5 Å². The molecule has 0 saturated heterocycles. The number of hydrogen-bond acceptors (Lipinski definition) is 2. The molecule has 0 aliphatic carbocycles.